The first kappa shape index (κ1) is 8.57. The molecule has 2 heteroatoms. The molecule has 1 rings (SSSR count). The average molecular weight is 170 g/mol. The van der Waals surface area contributed by atoms with Gasteiger partial charge in [0.25, 0.3) is 0 Å². The lowest BCUT2D eigenvalue weighted by Crippen LogP contribution is -1.88. The predicted molar refractivity (Wildman–Crippen MR) is 46.5 cm³/mol. The highest BCUT2D eigenvalue weighted by atomic mass is 35.5. The highest BCUT2D eigenvalue weighted by molar-refractivity contribution is 6.31. The summed E-state index contributed by atoms with van der Waals surface area (Å²) in [6, 6.07) is 7.74. The van der Waals surface area contributed by atoms with Crippen molar-refractivity contribution in [3.63, 3.8) is 0 Å². The molecular formula is C9H10ClO. The molecule has 0 amide bonds. The van der Waals surface area contributed by atoms with Crippen LogP contribution in [0.5, 0.6) is 0 Å². The maximum absolute atomic E-state index is 5.88. The van der Waals surface area contributed by atoms with E-state index in [1.165, 1.54) is 0 Å². The molecule has 11 heavy (non-hydrogen) atoms. The Kier molecular flexibility index (Phi) is 3.40. The lowest BCUT2D eigenvalue weighted by atomic mass is 10.2. The normalized spacial score (nSPS) is 10.0. The van der Waals surface area contributed by atoms with Crippen LogP contribution in [-0.4, -0.2) is 7.11 Å². The van der Waals surface area contributed by atoms with Gasteiger partial charge in [-0.1, -0.05) is 29.8 Å². The predicted octanol–water partition coefficient (Wildman–Crippen LogP) is 2.69. The second kappa shape index (κ2) is 4.37. The van der Waals surface area contributed by atoms with Gasteiger partial charge in [-0.05, 0) is 11.6 Å². The zero-order valence-electron chi connectivity index (χ0n) is 6.38. The van der Waals surface area contributed by atoms with Crippen molar-refractivity contribution in [1.29, 1.82) is 0 Å². The third kappa shape index (κ3) is 2.52. The van der Waals surface area contributed by atoms with Crippen LogP contribution >= 0.6 is 11.6 Å². The van der Waals surface area contributed by atoms with E-state index < -0.39 is 0 Å². The highest BCUT2D eigenvalue weighted by Gasteiger charge is 1.96. The monoisotopic (exact) mass is 169 g/mol. The third-order valence-electron chi connectivity index (χ3n) is 1.43. The van der Waals surface area contributed by atoms with Crippen molar-refractivity contribution in [2.45, 2.75) is 6.42 Å². The number of benzene rings is 1. The van der Waals surface area contributed by atoms with Crippen LogP contribution in [0, 0.1) is 6.61 Å². The minimum atomic E-state index is 0.760. The second-order valence-corrected chi connectivity index (χ2v) is 2.61. The van der Waals surface area contributed by atoms with E-state index in [9.17, 15) is 0 Å². The molecule has 0 bridgehead atoms. The third-order valence-corrected chi connectivity index (χ3v) is 1.80. The fraction of sp³-hybridized carbons (Fsp3) is 0.222. The minimum absolute atomic E-state index is 0.760. The molecule has 0 aliphatic carbocycles. The standard InChI is InChI=1S/C9H10ClO/c1-11-7-6-8-4-2-3-5-9(8)10/h2-5,7H,6H2,1H3. The largest absolute Gasteiger partial charge is 0.378 e. The number of methoxy groups -OCH3 is 1. The van der Waals surface area contributed by atoms with Crippen LogP contribution in [0.1, 0.15) is 5.56 Å². The summed E-state index contributed by atoms with van der Waals surface area (Å²) >= 11 is 5.88. The molecule has 1 radical (unpaired) electrons. The van der Waals surface area contributed by atoms with Crippen LogP contribution in [0.25, 0.3) is 0 Å². The Balaban J connectivity index is 2.62. The molecule has 0 heterocycles. The smallest absolute Gasteiger partial charge is 0.0876 e. The van der Waals surface area contributed by atoms with E-state index in [1.807, 2.05) is 24.3 Å². The summed E-state index contributed by atoms with van der Waals surface area (Å²) in [6.45, 7) is 1.72. The van der Waals surface area contributed by atoms with Gasteiger partial charge in [-0.3, -0.25) is 0 Å². The van der Waals surface area contributed by atoms with E-state index >= 15 is 0 Å². The summed E-state index contributed by atoms with van der Waals surface area (Å²) in [5.41, 5.74) is 1.09. The van der Waals surface area contributed by atoms with E-state index in [4.69, 9.17) is 16.3 Å². The van der Waals surface area contributed by atoms with Crippen LogP contribution in [0.4, 0.5) is 0 Å². The summed E-state index contributed by atoms with van der Waals surface area (Å²) in [4.78, 5) is 0. The molecule has 1 aromatic rings. The van der Waals surface area contributed by atoms with Crippen molar-refractivity contribution in [1.82, 2.24) is 0 Å². The summed E-state index contributed by atoms with van der Waals surface area (Å²) in [5, 5.41) is 0.792. The Labute approximate surface area is 71.9 Å². The van der Waals surface area contributed by atoms with Gasteiger partial charge in [0.2, 0.25) is 0 Å². The summed E-state index contributed by atoms with van der Waals surface area (Å²) in [6.07, 6.45) is 0.760. The van der Waals surface area contributed by atoms with Gasteiger partial charge in [-0.15, -0.1) is 0 Å². The zero-order valence-corrected chi connectivity index (χ0v) is 7.14. The van der Waals surface area contributed by atoms with Crippen LogP contribution < -0.4 is 0 Å². The van der Waals surface area contributed by atoms with Gasteiger partial charge in [0.15, 0.2) is 0 Å². The van der Waals surface area contributed by atoms with Gasteiger partial charge >= 0.3 is 0 Å². The van der Waals surface area contributed by atoms with Gasteiger partial charge in [0.1, 0.15) is 0 Å². The molecule has 59 valence electrons. The Morgan fingerprint density at radius 1 is 1.45 bits per heavy atom. The maximum Gasteiger partial charge on any atom is 0.0876 e. The van der Waals surface area contributed by atoms with E-state index in [2.05, 4.69) is 0 Å². The van der Waals surface area contributed by atoms with Gasteiger partial charge in [0.05, 0.1) is 6.61 Å². The molecule has 0 aliphatic heterocycles. The number of halogens is 1. The summed E-state index contributed by atoms with van der Waals surface area (Å²) in [5.74, 6) is 0. The molecule has 0 aromatic heterocycles. The van der Waals surface area contributed by atoms with Crippen molar-refractivity contribution in [3.8, 4) is 0 Å². The van der Waals surface area contributed by atoms with Gasteiger partial charge < -0.3 is 4.74 Å². The van der Waals surface area contributed by atoms with Gasteiger partial charge in [-0.2, -0.15) is 0 Å². The number of hydrogen-bond acceptors (Lipinski definition) is 1. The first-order valence-electron chi connectivity index (χ1n) is 3.42. The van der Waals surface area contributed by atoms with Gasteiger partial charge in [-0.25, -0.2) is 0 Å². The van der Waals surface area contributed by atoms with E-state index in [1.54, 1.807) is 13.7 Å². The first-order valence-corrected chi connectivity index (χ1v) is 3.80. The lowest BCUT2D eigenvalue weighted by Gasteiger charge is -2.00. The fourth-order valence-electron chi connectivity index (χ4n) is 0.837. The Morgan fingerprint density at radius 2 is 2.18 bits per heavy atom. The molecule has 0 unspecified atom stereocenters. The number of rotatable bonds is 3. The highest BCUT2D eigenvalue weighted by Crippen LogP contribution is 2.15. The Bertz CT molecular complexity index is 223. The van der Waals surface area contributed by atoms with Crippen molar-refractivity contribution in [2.75, 3.05) is 7.11 Å². The topological polar surface area (TPSA) is 9.23 Å². The fourth-order valence-corrected chi connectivity index (χ4v) is 1.05. The first-order chi connectivity index (χ1) is 5.34. The number of ether oxygens (including phenoxy) is 1. The van der Waals surface area contributed by atoms with Crippen molar-refractivity contribution in [3.05, 3.63) is 41.5 Å². The molecule has 0 fully saturated rings. The SMILES string of the molecule is CO[CH]Cc1ccccc1Cl. The minimum Gasteiger partial charge on any atom is -0.378 e. The van der Waals surface area contributed by atoms with Crippen LogP contribution in [0.2, 0.25) is 5.02 Å². The maximum atomic E-state index is 5.88. The summed E-state index contributed by atoms with van der Waals surface area (Å²) < 4.78 is 4.82. The Morgan fingerprint density at radius 3 is 2.82 bits per heavy atom. The molecule has 0 spiro atoms. The van der Waals surface area contributed by atoms with Crippen molar-refractivity contribution >= 4 is 11.6 Å². The molecule has 0 atom stereocenters. The molecule has 0 saturated carbocycles. The van der Waals surface area contributed by atoms with E-state index in [-0.39, 0.29) is 0 Å². The van der Waals surface area contributed by atoms with Crippen LogP contribution in [0.3, 0.4) is 0 Å². The zero-order chi connectivity index (χ0) is 8.10. The quantitative estimate of drug-likeness (QED) is 0.676. The molecule has 0 saturated heterocycles. The van der Waals surface area contributed by atoms with Crippen molar-refractivity contribution < 1.29 is 4.74 Å². The molecule has 0 aliphatic rings. The molecule has 1 aromatic carbocycles. The average Bonchev–Trinajstić information content (AvgIpc) is 2.03. The van der Waals surface area contributed by atoms with E-state index in [0.29, 0.717) is 0 Å². The van der Waals surface area contributed by atoms with Gasteiger partial charge in [0, 0.05) is 18.6 Å². The van der Waals surface area contributed by atoms with Crippen LogP contribution in [0.15, 0.2) is 24.3 Å². The molecule has 0 N–H and O–H groups in total. The van der Waals surface area contributed by atoms with E-state index in [0.717, 1.165) is 17.0 Å². The van der Waals surface area contributed by atoms with Crippen LogP contribution in [-0.2, 0) is 11.2 Å². The number of hydrogen-bond donors (Lipinski definition) is 0. The second-order valence-electron chi connectivity index (χ2n) is 2.20. The lowest BCUT2D eigenvalue weighted by molar-refractivity contribution is 0.272. The Hall–Kier alpha value is -0.530. The molecule has 1 nitrogen and oxygen atoms in total. The van der Waals surface area contributed by atoms with Crippen molar-refractivity contribution in [2.24, 2.45) is 0 Å². The summed E-state index contributed by atoms with van der Waals surface area (Å²) in [7, 11) is 1.64. The molecular weight excluding hydrogens is 160 g/mol.